The highest BCUT2D eigenvalue weighted by Gasteiger charge is 2.40. The predicted molar refractivity (Wildman–Crippen MR) is 75.6 cm³/mol. The van der Waals surface area contributed by atoms with E-state index in [2.05, 4.69) is 15.3 Å². The molecule has 0 fully saturated rings. The molecule has 23 heavy (non-hydrogen) atoms. The van der Waals surface area contributed by atoms with Gasteiger partial charge in [0.1, 0.15) is 0 Å². The Labute approximate surface area is 128 Å². The molecule has 0 aliphatic rings. The molecule has 0 aliphatic heterocycles. The summed E-state index contributed by atoms with van der Waals surface area (Å²) in [6, 6.07) is 5.90. The first-order chi connectivity index (χ1) is 10.9. The highest BCUT2D eigenvalue weighted by atomic mass is 19.4. The molecule has 2 heterocycles. The summed E-state index contributed by atoms with van der Waals surface area (Å²) < 4.78 is 46.5. The third kappa shape index (κ3) is 2.77. The zero-order valence-electron chi connectivity index (χ0n) is 12.0. The number of benzene rings is 1. The zero-order chi connectivity index (χ0) is 16.6. The SMILES string of the molecule is CCc1nnc(-c2cnn(-c3ccc(N)cc3)c2C(F)(F)F)o1. The zero-order valence-corrected chi connectivity index (χ0v) is 12.0. The maximum Gasteiger partial charge on any atom is 0.434 e. The number of hydrogen-bond acceptors (Lipinski definition) is 5. The van der Waals surface area contributed by atoms with Crippen molar-refractivity contribution < 1.29 is 17.6 Å². The van der Waals surface area contributed by atoms with Crippen molar-refractivity contribution in [1.29, 1.82) is 0 Å². The van der Waals surface area contributed by atoms with Crippen LogP contribution < -0.4 is 5.73 Å². The fourth-order valence-corrected chi connectivity index (χ4v) is 2.09. The van der Waals surface area contributed by atoms with Crippen molar-refractivity contribution in [3.63, 3.8) is 0 Å². The second-order valence-electron chi connectivity index (χ2n) is 4.76. The normalized spacial score (nSPS) is 11.8. The Hall–Kier alpha value is -2.84. The number of rotatable bonds is 3. The lowest BCUT2D eigenvalue weighted by atomic mass is 10.2. The van der Waals surface area contributed by atoms with Crippen molar-refractivity contribution >= 4 is 5.69 Å². The molecule has 0 atom stereocenters. The first kappa shape index (κ1) is 15.1. The third-order valence-electron chi connectivity index (χ3n) is 3.18. The molecule has 1 aromatic carbocycles. The Morgan fingerprint density at radius 1 is 1.17 bits per heavy atom. The number of aryl methyl sites for hydroxylation is 1. The summed E-state index contributed by atoms with van der Waals surface area (Å²) in [6.45, 7) is 1.76. The van der Waals surface area contributed by atoms with Gasteiger partial charge in [0.25, 0.3) is 5.89 Å². The summed E-state index contributed by atoms with van der Waals surface area (Å²) in [5, 5.41) is 11.2. The molecule has 3 aromatic rings. The van der Waals surface area contributed by atoms with E-state index in [9.17, 15) is 13.2 Å². The van der Waals surface area contributed by atoms with E-state index >= 15 is 0 Å². The molecule has 0 radical (unpaired) electrons. The number of nitrogen functional groups attached to an aromatic ring is 1. The number of aromatic nitrogens is 4. The van der Waals surface area contributed by atoms with Crippen molar-refractivity contribution in [3.05, 3.63) is 42.0 Å². The summed E-state index contributed by atoms with van der Waals surface area (Å²) >= 11 is 0. The van der Waals surface area contributed by atoms with Gasteiger partial charge in [-0.3, -0.25) is 0 Å². The lowest BCUT2D eigenvalue weighted by Crippen LogP contribution is -2.14. The molecule has 0 aliphatic carbocycles. The fourth-order valence-electron chi connectivity index (χ4n) is 2.09. The van der Waals surface area contributed by atoms with Gasteiger partial charge in [0.2, 0.25) is 5.89 Å². The lowest BCUT2D eigenvalue weighted by molar-refractivity contribution is -0.142. The molecule has 0 unspecified atom stereocenters. The molecular formula is C14H12F3N5O. The molecule has 0 amide bonds. The molecule has 2 aromatic heterocycles. The maximum atomic E-state index is 13.5. The predicted octanol–water partition coefficient (Wildman–Crippen LogP) is 3.09. The number of nitrogens with two attached hydrogens (primary N) is 1. The first-order valence-corrected chi connectivity index (χ1v) is 6.74. The van der Waals surface area contributed by atoms with Crippen molar-refractivity contribution in [3.8, 4) is 17.1 Å². The van der Waals surface area contributed by atoms with E-state index in [0.29, 0.717) is 12.1 Å². The summed E-state index contributed by atoms with van der Waals surface area (Å²) in [4.78, 5) is 0. The molecule has 0 saturated heterocycles. The topological polar surface area (TPSA) is 82.8 Å². The second kappa shape index (κ2) is 5.41. The minimum Gasteiger partial charge on any atom is -0.421 e. The molecule has 0 spiro atoms. The van der Waals surface area contributed by atoms with Gasteiger partial charge in [-0.2, -0.15) is 18.3 Å². The average molecular weight is 323 g/mol. The maximum absolute atomic E-state index is 13.5. The van der Waals surface area contributed by atoms with Crippen LogP contribution >= 0.6 is 0 Å². The molecule has 120 valence electrons. The molecule has 6 nitrogen and oxygen atoms in total. The van der Waals surface area contributed by atoms with E-state index < -0.39 is 11.9 Å². The molecule has 0 saturated carbocycles. The Kier molecular flexibility index (Phi) is 3.55. The van der Waals surface area contributed by atoms with Crippen LogP contribution in [0.15, 0.2) is 34.9 Å². The van der Waals surface area contributed by atoms with Gasteiger partial charge < -0.3 is 10.2 Å². The quantitative estimate of drug-likeness (QED) is 0.749. The largest absolute Gasteiger partial charge is 0.434 e. The van der Waals surface area contributed by atoms with Gasteiger partial charge >= 0.3 is 6.18 Å². The summed E-state index contributed by atoms with van der Waals surface area (Å²) in [7, 11) is 0. The van der Waals surface area contributed by atoms with Crippen LogP contribution in [0.25, 0.3) is 17.1 Å². The van der Waals surface area contributed by atoms with Crippen LogP contribution in [0.4, 0.5) is 18.9 Å². The molecule has 9 heteroatoms. The summed E-state index contributed by atoms with van der Waals surface area (Å²) in [5.74, 6) is 0.0456. The van der Waals surface area contributed by atoms with Crippen molar-refractivity contribution in [2.75, 3.05) is 5.73 Å². The average Bonchev–Trinajstić information content (AvgIpc) is 3.13. The van der Waals surface area contributed by atoms with Gasteiger partial charge in [-0.1, -0.05) is 6.92 Å². The van der Waals surface area contributed by atoms with Gasteiger partial charge in [-0.25, -0.2) is 4.68 Å². The van der Waals surface area contributed by atoms with Crippen molar-refractivity contribution in [2.24, 2.45) is 0 Å². The van der Waals surface area contributed by atoms with Gasteiger partial charge in [-0.05, 0) is 24.3 Å². The van der Waals surface area contributed by atoms with Gasteiger partial charge in [0.15, 0.2) is 5.69 Å². The third-order valence-corrected chi connectivity index (χ3v) is 3.18. The Balaban J connectivity index is 2.17. The Morgan fingerprint density at radius 2 is 1.87 bits per heavy atom. The smallest absolute Gasteiger partial charge is 0.421 e. The fraction of sp³-hybridized carbons (Fsp3) is 0.214. The minimum absolute atomic E-state index is 0.212. The second-order valence-corrected chi connectivity index (χ2v) is 4.76. The van der Waals surface area contributed by atoms with E-state index in [1.165, 1.54) is 24.3 Å². The van der Waals surface area contributed by atoms with Gasteiger partial charge in [0.05, 0.1) is 17.4 Å². The van der Waals surface area contributed by atoms with Crippen LogP contribution in [-0.2, 0) is 12.6 Å². The molecular weight excluding hydrogens is 311 g/mol. The molecule has 3 rings (SSSR count). The van der Waals surface area contributed by atoms with Crippen molar-refractivity contribution in [1.82, 2.24) is 20.0 Å². The number of nitrogens with zero attached hydrogens (tertiary/aromatic N) is 4. The van der Waals surface area contributed by atoms with Crippen LogP contribution in [0.2, 0.25) is 0 Å². The number of hydrogen-bond donors (Lipinski definition) is 1. The standard InChI is InChI=1S/C14H12F3N5O/c1-2-11-20-21-13(23-11)10-7-19-22(12(10)14(15,16)17)9-5-3-8(18)4-6-9/h3-7H,2,18H2,1H3. The summed E-state index contributed by atoms with van der Waals surface area (Å²) in [6.07, 6.45) is -3.15. The van der Waals surface area contributed by atoms with Crippen LogP contribution in [0.1, 0.15) is 18.5 Å². The van der Waals surface area contributed by atoms with Gasteiger partial charge in [-0.15, -0.1) is 10.2 Å². The highest BCUT2D eigenvalue weighted by molar-refractivity contribution is 5.58. The monoisotopic (exact) mass is 323 g/mol. The van der Waals surface area contributed by atoms with E-state index in [1.54, 1.807) is 6.92 Å². The first-order valence-electron chi connectivity index (χ1n) is 6.74. The van der Waals surface area contributed by atoms with Crippen LogP contribution in [0.5, 0.6) is 0 Å². The molecule has 2 N–H and O–H groups in total. The van der Waals surface area contributed by atoms with E-state index in [-0.39, 0.29) is 23.0 Å². The number of alkyl halides is 3. The Bertz CT molecular complexity index is 820. The van der Waals surface area contributed by atoms with Crippen LogP contribution in [0.3, 0.4) is 0 Å². The molecule has 0 bridgehead atoms. The van der Waals surface area contributed by atoms with E-state index in [0.717, 1.165) is 10.9 Å². The van der Waals surface area contributed by atoms with E-state index in [1.807, 2.05) is 0 Å². The van der Waals surface area contributed by atoms with E-state index in [4.69, 9.17) is 10.2 Å². The number of halogens is 3. The number of anilines is 1. The van der Waals surface area contributed by atoms with Crippen LogP contribution in [0, 0.1) is 0 Å². The van der Waals surface area contributed by atoms with Crippen LogP contribution in [-0.4, -0.2) is 20.0 Å². The van der Waals surface area contributed by atoms with Crippen molar-refractivity contribution in [2.45, 2.75) is 19.5 Å². The Morgan fingerprint density at radius 3 is 2.43 bits per heavy atom. The van der Waals surface area contributed by atoms with Gasteiger partial charge in [0, 0.05) is 12.1 Å². The summed E-state index contributed by atoms with van der Waals surface area (Å²) in [5.41, 5.74) is 4.99. The highest BCUT2D eigenvalue weighted by Crippen LogP contribution is 2.38. The lowest BCUT2D eigenvalue weighted by Gasteiger charge is -2.11. The minimum atomic E-state index is -4.64.